The highest BCUT2D eigenvalue weighted by Gasteiger charge is 2.33. The maximum Gasteiger partial charge on any atom is 0.417 e. The monoisotopic (exact) mass is 344 g/mol. The van der Waals surface area contributed by atoms with Crippen LogP contribution in [0.15, 0.2) is 18.2 Å². The first-order valence-corrected chi connectivity index (χ1v) is 6.12. The number of alkyl halides is 4. The van der Waals surface area contributed by atoms with Gasteiger partial charge < -0.3 is 4.74 Å². The van der Waals surface area contributed by atoms with E-state index in [0.29, 0.717) is 5.56 Å². The van der Waals surface area contributed by atoms with E-state index in [9.17, 15) is 18.0 Å². The van der Waals surface area contributed by atoms with Crippen LogP contribution < -0.4 is 0 Å². The molecule has 2 nitrogen and oxygen atoms in total. The topological polar surface area (TPSA) is 26.3 Å². The van der Waals surface area contributed by atoms with Gasteiger partial charge in [-0.25, -0.2) is 0 Å². The molecule has 1 unspecified atom stereocenters. The first-order chi connectivity index (χ1) is 8.25. The van der Waals surface area contributed by atoms with Crippen molar-refractivity contribution in [1.82, 2.24) is 0 Å². The summed E-state index contributed by atoms with van der Waals surface area (Å²) in [5.41, 5.74) is -0.565. The predicted octanol–water partition coefficient (Wildman–Crippen LogP) is 3.84. The van der Waals surface area contributed by atoms with Crippen molar-refractivity contribution in [1.29, 1.82) is 0 Å². The largest absolute Gasteiger partial charge is 0.468 e. The molecule has 0 aliphatic carbocycles. The Morgan fingerprint density at radius 3 is 2.61 bits per heavy atom. The van der Waals surface area contributed by atoms with Gasteiger partial charge in [-0.2, -0.15) is 13.2 Å². The molecule has 0 fully saturated rings. The number of halogens is 5. The average Bonchev–Trinajstić information content (AvgIpc) is 2.29. The van der Waals surface area contributed by atoms with Crippen LogP contribution in [0.1, 0.15) is 11.1 Å². The highest BCUT2D eigenvalue weighted by Crippen LogP contribution is 2.35. The van der Waals surface area contributed by atoms with Gasteiger partial charge in [0.25, 0.3) is 0 Å². The number of esters is 1. The Morgan fingerprint density at radius 1 is 1.50 bits per heavy atom. The second-order valence-electron chi connectivity index (χ2n) is 3.51. The van der Waals surface area contributed by atoms with Gasteiger partial charge >= 0.3 is 12.1 Å². The van der Waals surface area contributed by atoms with Gasteiger partial charge in [0.05, 0.1) is 17.7 Å². The molecule has 1 rings (SSSR count). The Labute approximate surface area is 115 Å². The van der Waals surface area contributed by atoms with Crippen LogP contribution in [0.25, 0.3) is 0 Å². The van der Waals surface area contributed by atoms with Gasteiger partial charge in [0, 0.05) is 0 Å². The fourth-order valence-electron chi connectivity index (χ4n) is 1.33. The molecule has 7 heteroatoms. The molecule has 0 aromatic heterocycles. The van der Waals surface area contributed by atoms with Gasteiger partial charge in [-0.1, -0.05) is 33.6 Å². The lowest BCUT2D eigenvalue weighted by Gasteiger charge is -2.12. The van der Waals surface area contributed by atoms with Crippen molar-refractivity contribution in [2.75, 3.05) is 7.11 Å². The van der Waals surface area contributed by atoms with E-state index in [4.69, 9.17) is 11.6 Å². The highest BCUT2D eigenvalue weighted by atomic mass is 79.9. The third-order valence-electron chi connectivity index (χ3n) is 2.21. The molecule has 0 aliphatic heterocycles. The standard InChI is InChI=1S/C11H9BrClF3O2/c1-18-10(17)8(12)5-6-2-3-9(13)7(4-6)11(14,15)16/h2-4,8H,5H2,1H3. The number of hydrogen-bond donors (Lipinski definition) is 0. The van der Waals surface area contributed by atoms with Crippen LogP contribution in [0.5, 0.6) is 0 Å². The van der Waals surface area contributed by atoms with Crippen LogP contribution in [0.2, 0.25) is 5.02 Å². The van der Waals surface area contributed by atoms with Gasteiger partial charge in [0.1, 0.15) is 4.83 Å². The number of carbonyl (C=O) groups excluding carboxylic acids is 1. The highest BCUT2D eigenvalue weighted by molar-refractivity contribution is 9.10. The van der Waals surface area contributed by atoms with Crippen molar-refractivity contribution in [3.63, 3.8) is 0 Å². The first-order valence-electron chi connectivity index (χ1n) is 4.83. The lowest BCUT2D eigenvalue weighted by molar-refractivity contribution is -0.139. The smallest absolute Gasteiger partial charge is 0.417 e. The molecule has 0 radical (unpaired) electrons. The molecule has 0 N–H and O–H groups in total. The molecule has 0 bridgehead atoms. The zero-order valence-corrected chi connectivity index (χ0v) is 11.6. The van der Waals surface area contributed by atoms with E-state index in [0.717, 1.165) is 12.1 Å². The molecule has 1 aromatic rings. The van der Waals surface area contributed by atoms with E-state index in [1.807, 2.05) is 0 Å². The van der Waals surface area contributed by atoms with Crippen molar-refractivity contribution in [3.8, 4) is 0 Å². The molecule has 0 saturated carbocycles. The molecule has 0 heterocycles. The van der Waals surface area contributed by atoms with E-state index < -0.39 is 22.5 Å². The average molecular weight is 346 g/mol. The second-order valence-corrected chi connectivity index (χ2v) is 5.02. The first kappa shape index (κ1) is 15.3. The van der Waals surface area contributed by atoms with Crippen molar-refractivity contribution < 1.29 is 22.7 Å². The summed E-state index contributed by atoms with van der Waals surface area (Å²) in [5.74, 6) is -0.543. The van der Waals surface area contributed by atoms with E-state index in [1.165, 1.54) is 13.2 Å². The summed E-state index contributed by atoms with van der Waals surface area (Å²) in [6.07, 6.45) is -4.42. The zero-order chi connectivity index (χ0) is 13.9. The summed E-state index contributed by atoms with van der Waals surface area (Å²) in [5, 5.41) is -0.365. The summed E-state index contributed by atoms with van der Waals surface area (Å²) >= 11 is 8.53. The molecule has 1 atom stereocenters. The van der Waals surface area contributed by atoms with Crippen LogP contribution in [0.3, 0.4) is 0 Å². The molecule has 1 aromatic carbocycles. The maximum atomic E-state index is 12.6. The lowest BCUT2D eigenvalue weighted by Crippen LogP contribution is -2.18. The predicted molar refractivity (Wildman–Crippen MR) is 64.9 cm³/mol. The quantitative estimate of drug-likeness (QED) is 0.615. The Balaban J connectivity index is 2.96. The minimum Gasteiger partial charge on any atom is -0.468 e. The molecule has 0 saturated heterocycles. The van der Waals surface area contributed by atoms with Crippen LogP contribution in [0, 0.1) is 0 Å². The summed E-state index contributed by atoms with van der Waals surface area (Å²) < 4.78 is 42.3. The number of ether oxygens (including phenoxy) is 1. The SMILES string of the molecule is COC(=O)C(Br)Cc1ccc(Cl)c(C(F)(F)F)c1. The molecule has 0 amide bonds. The Kier molecular flexibility index (Phi) is 5.04. The Bertz CT molecular complexity index is 448. The summed E-state index contributed by atoms with van der Waals surface area (Å²) in [7, 11) is 1.21. The van der Waals surface area contributed by atoms with Crippen LogP contribution in [0.4, 0.5) is 13.2 Å². The Hall–Kier alpha value is -0.750. The van der Waals surface area contributed by atoms with Gasteiger partial charge in [0.2, 0.25) is 0 Å². The van der Waals surface area contributed by atoms with E-state index >= 15 is 0 Å². The summed E-state index contributed by atoms with van der Waals surface area (Å²) in [4.78, 5) is 10.5. The lowest BCUT2D eigenvalue weighted by atomic mass is 10.1. The van der Waals surface area contributed by atoms with Crippen molar-refractivity contribution in [2.24, 2.45) is 0 Å². The van der Waals surface area contributed by atoms with Crippen molar-refractivity contribution >= 4 is 33.5 Å². The third kappa shape index (κ3) is 3.88. The minimum absolute atomic E-state index is 0.0902. The van der Waals surface area contributed by atoms with Gasteiger partial charge in [-0.05, 0) is 24.1 Å². The Morgan fingerprint density at radius 2 is 2.11 bits per heavy atom. The van der Waals surface area contributed by atoms with Gasteiger partial charge in [-0.15, -0.1) is 0 Å². The molecule has 18 heavy (non-hydrogen) atoms. The van der Waals surface area contributed by atoms with Crippen LogP contribution in [-0.2, 0) is 22.1 Å². The number of carbonyl (C=O) groups is 1. The second kappa shape index (κ2) is 5.93. The normalized spacial score (nSPS) is 13.2. The van der Waals surface area contributed by atoms with E-state index in [1.54, 1.807) is 0 Å². The zero-order valence-electron chi connectivity index (χ0n) is 9.22. The fourth-order valence-corrected chi connectivity index (χ4v) is 2.12. The van der Waals surface area contributed by atoms with E-state index in [-0.39, 0.29) is 11.4 Å². The number of rotatable bonds is 3. The van der Waals surface area contributed by atoms with E-state index in [2.05, 4.69) is 20.7 Å². The number of methoxy groups -OCH3 is 1. The minimum atomic E-state index is -4.51. The van der Waals surface area contributed by atoms with Crippen molar-refractivity contribution in [2.45, 2.75) is 17.4 Å². The van der Waals surface area contributed by atoms with Crippen LogP contribution >= 0.6 is 27.5 Å². The van der Waals surface area contributed by atoms with Gasteiger partial charge in [-0.3, -0.25) is 4.79 Å². The summed E-state index contributed by atoms with van der Waals surface area (Å²) in [6, 6.07) is 3.53. The fraction of sp³-hybridized carbons (Fsp3) is 0.364. The number of hydrogen-bond acceptors (Lipinski definition) is 2. The molecule has 100 valence electrons. The summed E-state index contributed by atoms with van der Waals surface area (Å²) in [6.45, 7) is 0. The molecule has 0 aliphatic rings. The number of benzene rings is 1. The van der Waals surface area contributed by atoms with Gasteiger partial charge in [0.15, 0.2) is 0 Å². The van der Waals surface area contributed by atoms with Crippen molar-refractivity contribution in [3.05, 3.63) is 34.3 Å². The van der Waals surface area contributed by atoms with Crippen LogP contribution in [-0.4, -0.2) is 17.9 Å². The molecule has 0 spiro atoms. The molecular formula is C11H9BrClF3O2. The maximum absolute atomic E-state index is 12.6. The third-order valence-corrected chi connectivity index (χ3v) is 3.24. The molecular weight excluding hydrogens is 336 g/mol.